The lowest BCUT2D eigenvalue weighted by atomic mass is 9.85. The van der Waals surface area contributed by atoms with Crippen LogP contribution < -0.4 is 20.7 Å². The van der Waals surface area contributed by atoms with Gasteiger partial charge in [0.15, 0.2) is 17.6 Å². The van der Waals surface area contributed by atoms with Gasteiger partial charge in [0.2, 0.25) is 5.91 Å². The zero-order valence-corrected chi connectivity index (χ0v) is 16.1. The summed E-state index contributed by atoms with van der Waals surface area (Å²) in [5.74, 6) is -0.673. The maximum absolute atomic E-state index is 13.2. The monoisotopic (exact) mass is 394 g/mol. The first-order valence-electron chi connectivity index (χ1n) is 9.90. The van der Waals surface area contributed by atoms with Gasteiger partial charge in [0.25, 0.3) is 0 Å². The molecular weight excluding hydrogens is 366 g/mol. The number of hydrogen-bond donors (Lipinski definition) is 3. The van der Waals surface area contributed by atoms with E-state index >= 15 is 0 Å². The van der Waals surface area contributed by atoms with Crippen molar-refractivity contribution >= 4 is 11.9 Å². The van der Waals surface area contributed by atoms with Gasteiger partial charge in [-0.15, -0.1) is 0 Å². The van der Waals surface area contributed by atoms with E-state index in [2.05, 4.69) is 20.9 Å². The molecule has 0 saturated heterocycles. The molecule has 2 fully saturated rings. The molecule has 0 spiro atoms. The first kappa shape index (κ1) is 20.4. The van der Waals surface area contributed by atoms with Crippen molar-refractivity contribution in [3.05, 3.63) is 29.8 Å². The van der Waals surface area contributed by atoms with Gasteiger partial charge in [-0.05, 0) is 44.2 Å². The maximum atomic E-state index is 13.2. The highest BCUT2D eigenvalue weighted by atomic mass is 19.2. The van der Waals surface area contributed by atoms with Gasteiger partial charge in [-0.1, -0.05) is 6.42 Å². The van der Waals surface area contributed by atoms with Gasteiger partial charge in [0.1, 0.15) is 12.4 Å². The van der Waals surface area contributed by atoms with Crippen LogP contribution >= 0.6 is 0 Å². The fourth-order valence-electron chi connectivity index (χ4n) is 3.40. The average Bonchev–Trinajstić information content (AvgIpc) is 3.51. The Labute approximate surface area is 164 Å². The Kier molecular flexibility index (Phi) is 7.06. The largest absolute Gasteiger partial charge is 0.492 e. The topological polar surface area (TPSA) is 74.8 Å². The first-order chi connectivity index (χ1) is 13.5. The highest BCUT2D eigenvalue weighted by molar-refractivity contribution is 5.81. The van der Waals surface area contributed by atoms with Crippen LogP contribution in [0.3, 0.4) is 0 Å². The Morgan fingerprint density at radius 3 is 2.68 bits per heavy atom. The number of carbonyl (C=O) groups is 1. The quantitative estimate of drug-likeness (QED) is 0.377. The third-order valence-corrected chi connectivity index (χ3v) is 5.09. The smallest absolute Gasteiger partial charge is 0.223 e. The molecule has 1 amide bonds. The fourth-order valence-corrected chi connectivity index (χ4v) is 3.40. The lowest BCUT2D eigenvalue weighted by molar-refractivity contribution is -0.126. The summed E-state index contributed by atoms with van der Waals surface area (Å²) in [5, 5.41) is 9.61. The summed E-state index contributed by atoms with van der Waals surface area (Å²) in [4.78, 5) is 16.5. The summed E-state index contributed by atoms with van der Waals surface area (Å²) in [6, 6.07) is 4.04. The van der Waals surface area contributed by atoms with E-state index in [9.17, 15) is 13.6 Å². The molecule has 0 aliphatic heterocycles. The number of nitrogens with zero attached hydrogens (tertiary/aromatic N) is 1. The van der Waals surface area contributed by atoms with Crippen molar-refractivity contribution in [2.75, 3.05) is 20.2 Å². The minimum atomic E-state index is -0.930. The highest BCUT2D eigenvalue weighted by Gasteiger charge is 2.31. The number of halogens is 2. The maximum Gasteiger partial charge on any atom is 0.223 e. The van der Waals surface area contributed by atoms with Crippen LogP contribution in [0.2, 0.25) is 0 Å². The van der Waals surface area contributed by atoms with Crippen LogP contribution in [-0.2, 0) is 4.79 Å². The van der Waals surface area contributed by atoms with E-state index in [1.165, 1.54) is 6.07 Å². The normalized spacial score (nSPS) is 22.5. The minimum Gasteiger partial charge on any atom is -0.492 e. The molecule has 3 N–H and O–H groups in total. The summed E-state index contributed by atoms with van der Waals surface area (Å²) >= 11 is 0. The van der Waals surface area contributed by atoms with E-state index < -0.39 is 11.6 Å². The Morgan fingerprint density at radius 2 is 1.96 bits per heavy atom. The summed E-state index contributed by atoms with van der Waals surface area (Å²) in [6.07, 6.45) is 5.94. The molecule has 0 aromatic heterocycles. The van der Waals surface area contributed by atoms with E-state index in [0.717, 1.165) is 50.7 Å². The lowest BCUT2D eigenvalue weighted by Gasteiger charge is -2.30. The van der Waals surface area contributed by atoms with E-state index in [4.69, 9.17) is 4.74 Å². The van der Waals surface area contributed by atoms with Crippen LogP contribution in [0.5, 0.6) is 5.75 Å². The molecule has 1 aromatic carbocycles. The van der Waals surface area contributed by atoms with Crippen LogP contribution in [0, 0.1) is 17.6 Å². The third-order valence-electron chi connectivity index (χ3n) is 5.09. The molecule has 2 unspecified atom stereocenters. The second-order valence-electron chi connectivity index (χ2n) is 7.41. The van der Waals surface area contributed by atoms with Gasteiger partial charge < -0.3 is 20.7 Å². The summed E-state index contributed by atoms with van der Waals surface area (Å²) < 4.78 is 31.5. The molecular formula is C20H28F2N4O2. The third kappa shape index (κ3) is 6.07. The number of nitrogens with one attached hydrogen (secondary N) is 3. The number of hydrogen-bond acceptors (Lipinski definition) is 3. The van der Waals surface area contributed by atoms with Crippen LogP contribution in [0.25, 0.3) is 0 Å². The number of rotatable bonds is 7. The Balaban J connectivity index is 1.38. The van der Waals surface area contributed by atoms with E-state index in [1.807, 2.05) is 0 Å². The van der Waals surface area contributed by atoms with Gasteiger partial charge in [-0.25, -0.2) is 8.78 Å². The molecule has 2 aliphatic rings. The molecule has 3 rings (SSSR count). The zero-order chi connectivity index (χ0) is 19.9. The second kappa shape index (κ2) is 9.71. The molecule has 8 heteroatoms. The van der Waals surface area contributed by atoms with Crippen molar-refractivity contribution in [3.8, 4) is 5.75 Å². The van der Waals surface area contributed by atoms with Crippen LogP contribution in [0.4, 0.5) is 8.78 Å². The van der Waals surface area contributed by atoms with Crippen molar-refractivity contribution in [1.82, 2.24) is 16.0 Å². The van der Waals surface area contributed by atoms with Crippen molar-refractivity contribution < 1.29 is 18.3 Å². The van der Waals surface area contributed by atoms with Crippen LogP contribution in [0.1, 0.15) is 38.5 Å². The Bertz CT molecular complexity index is 709. The van der Waals surface area contributed by atoms with Crippen LogP contribution in [0.15, 0.2) is 23.2 Å². The first-order valence-corrected chi connectivity index (χ1v) is 9.90. The van der Waals surface area contributed by atoms with Crippen molar-refractivity contribution in [2.24, 2.45) is 10.9 Å². The number of guanidine groups is 1. The van der Waals surface area contributed by atoms with Crippen molar-refractivity contribution in [1.29, 1.82) is 0 Å². The average molecular weight is 394 g/mol. The standard InChI is InChI=1S/C20H28F2N4O2/c1-23-20(24-9-10-28-16-7-8-17(21)18(22)12-16)26-15-4-2-3-13(11-15)19(27)25-14-5-6-14/h7-8,12-15H,2-6,9-11H2,1H3,(H,25,27)(H2,23,24,26). The summed E-state index contributed by atoms with van der Waals surface area (Å²) in [7, 11) is 1.69. The van der Waals surface area contributed by atoms with Gasteiger partial charge in [0, 0.05) is 31.1 Å². The predicted octanol–water partition coefficient (Wildman–Crippen LogP) is 2.35. The van der Waals surface area contributed by atoms with Crippen molar-refractivity contribution in [3.63, 3.8) is 0 Å². The fraction of sp³-hybridized carbons (Fsp3) is 0.600. The number of amides is 1. The zero-order valence-electron chi connectivity index (χ0n) is 16.1. The minimum absolute atomic E-state index is 0.0571. The molecule has 1 aromatic rings. The van der Waals surface area contributed by atoms with Gasteiger partial charge in [-0.3, -0.25) is 9.79 Å². The molecule has 0 radical (unpaired) electrons. The molecule has 2 aliphatic carbocycles. The van der Waals surface area contributed by atoms with Gasteiger partial charge in [-0.2, -0.15) is 0 Å². The van der Waals surface area contributed by atoms with Crippen molar-refractivity contribution in [2.45, 2.75) is 50.6 Å². The number of benzene rings is 1. The number of aliphatic imine (C=N–C) groups is 1. The highest BCUT2D eigenvalue weighted by Crippen LogP contribution is 2.26. The molecule has 0 bridgehead atoms. The van der Waals surface area contributed by atoms with E-state index in [0.29, 0.717) is 18.5 Å². The molecule has 6 nitrogen and oxygen atoms in total. The molecule has 154 valence electrons. The van der Waals surface area contributed by atoms with E-state index in [-0.39, 0.29) is 30.2 Å². The van der Waals surface area contributed by atoms with Gasteiger partial charge >= 0.3 is 0 Å². The molecule has 28 heavy (non-hydrogen) atoms. The predicted molar refractivity (Wildman–Crippen MR) is 103 cm³/mol. The SMILES string of the molecule is CN=C(NCCOc1ccc(F)c(F)c1)NC1CCCC(C(=O)NC2CC2)C1. The summed E-state index contributed by atoms with van der Waals surface area (Å²) in [6.45, 7) is 0.736. The summed E-state index contributed by atoms with van der Waals surface area (Å²) in [5.41, 5.74) is 0. The Morgan fingerprint density at radius 1 is 1.14 bits per heavy atom. The lowest BCUT2D eigenvalue weighted by Crippen LogP contribution is -2.47. The van der Waals surface area contributed by atoms with E-state index in [1.54, 1.807) is 7.05 Å². The Hall–Kier alpha value is -2.38. The number of carbonyl (C=O) groups excluding carboxylic acids is 1. The second-order valence-corrected chi connectivity index (χ2v) is 7.41. The molecule has 0 heterocycles. The van der Waals surface area contributed by atoms with Crippen LogP contribution in [-0.4, -0.2) is 44.1 Å². The molecule has 2 atom stereocenters. The molecule has 2 saturated carbocycles. The van der Waals surface area contributed by atoms with Gasteiger partial charge in [0.05, 0.1) is 6.54 Å². The number of ether oxygens (including phenoxy) is 1.